The summed E-state index contributed by atoms with van der Waals surface area (Å²) in [4.78, 5) is 10.5. The van der Waals surface area contributed by atoms with Gasteiger partial charge in [-0.15, -0.1) is 0 Å². The van der Waals surface area contributed by atoms with Crippen LogP contribution in [0.4, 0.5) is 0 Å². The third-order valence-corrected chi connectivity index (χ3v) is 2.01. The number of rotatable bonds is 7. The monoisotopic (exact) mass is 212 g/mol. The van der Waals surface area contributed by atoms with E-state index in [0.29, 0.717) is 18.8 Å². The van der Waals surface area contributed by atoms with Gasteiger partial charge in [0.15, 0.2) is 0 Å². The Morgan fingerprint density at radius 1 is 1.53 bits per heavy atom. The summed E-state index contributed by atoms with van der Waals surface area (Å²) in [5, 5.41) is 11.8. The molecule has 0 radical (unpaired) electrons. The molecule has 5 nitrogen and oxygen atoms in total. The minimum absolute atomic E-state index is 0.189. The molecule has 0 saturated heterocycles. The summed E-state index contributed by atoms with van der Waals surface area (Å²) < 4.78 is 5.06. The van der Waals surface area contributed by atoms with Crippen LogP contribution < -0.4 is 11.1 Å². The summed E-state index contributed by atoms with van der Waals surface area (Å²) in [5.74, 6) is -0.326. The molecule has 0 bridgehead atoms. The van der Waals surface area contributed by atoms with Gasteiger partial charge in [0.1, 0.15) is 12.0 Å². The van der Waals surface area contributed by atoms with Gasteiger partial charge in [-0.2, -0.15) is 0 Å². The summed E-state index contributed by atoms with van der Waals surface area (Å²) in [7, 11) is 0. The highest BCUT2D eigenvalue weighted by atomic mass is 16.4. The summed E-state index contributed by atoms with van der Waals surface area (Å²) in [5.41, 5.74) is 5.54. The molecule has 84 valence electrons. The average Bonchev–Trinajstić information content (AvgIpc) is 2.66. The predicted molar refractivity (Wildman–Crippen MR) is 55.7 cm³/mol. The number of carboxylic acid groups (broad SMARTS) is 1. The molecule has 0 aromatic carbocycles. The molecule has 0 aliphatic carbocycles. The van der Waals surface area contributed by atoms with Crippen molar-refractivity contribution in [1.82, 2.24) is 5.32 Å². The largest absolute Gasteiger partial charge is 0.478 e. The summed E-state index contributed by atoms with van der Waals surface area (Å²) >= 11 is 0. The third kappa shape index (κ3) is 4.14. The highest BCUT2D eigenvalue weighted by molar-refractivity contribution is 5.87. The molecule has 0 aliphatic rings. The van der Waals surface area contributed by atoms with Crippen LogP contribution in [0.2, 0.25) is 0 Å². The normalized spacial score (nSPS) is 10.5. The Balaban J connectivity index is 2.23. The van der Waals surface area contributed by atoms with Gasteiger partial charge >= 0.3 is 5.97 Å². The molecule has 1 aromatic rings. The van der Waals surface area contributed by atoms with Gasteiger partial charge < -0.3 is 20.6 Å². The fourth-order valence-electron chi connectivity index (χ4n) is 1.19. The molecule has 0 aliphatic heterocycles. The minimum atomic E-state index is -0.965. The number of carbonyl (C=O) groups is 1. The van der Waals surface area contributed by atoms with Crippen LogP contribution in [0.1, 0.15) is 29.0 Å². The van der Waals surface area contributed by atoms with E-state index in [0.717, 1.165) is 19.4 Å². The van der Waals surface area contributed by atoms with Gasteiger partial charge in [0, 0.05) is 0 Å². The van der Waals surface area contributed by atoms with Crippen LogP contribution >= 0.6 is 0 Å². The molecule has 0 amide bonds. The second kappa shape index (κ2) is 6.21. The lowest BCUT2D eigenvalue weighted by atomic mass is 10.3. The fraction of sp³-hybridized carbons (Fsp3) is 0.500. The molecular weight excluding hydrogens is 196 g/mol. The van der Waals surface area contributed by atoms with E-state index in [1.54, 1.807) is 0 Å². The Hall–Kier alpha value is -1.33. The topological polar surface area (TPSA) is 88.5 Å². The molecule has 0 saturated carbocycles. The first-order chi connectivity index (χ1) is 7.24. The number of hydrogen-bond donors (Lipinski definition) is 3. The van der Waals surface area contributed by atoms with Crippen molar-refractivity contribution in [2.75, 3.05) is 13.1 Å². The minimum Gasteiger partial charge on any atom is -0.478 e. The number of hydrogen-bond acceptors (Lipinski definition) is 4. The number of carboxylic acids is 1. The number of nitrogens with two attached hydrogens (primary N) is 1. The van der Waals surface area contributed by atoms with E-state index in [9.17, 15) is 4.79 Å². The first-order valence-electron chi connectivity index (χ1n) is 4.95. The highest BCUT2D eigenvalue weighted by Crippen LogP contribution is 2.07. The predicted octanol–water partition coefficient (Wildman–Crippen LogP) is 0.806. The lowest BCUT2D eigenvalue weighted by Gasteiger charge is -2.00. The molecule has 5 heteroatoms. The van der Waals surface area contributed by atoms with Crippen molar-refractivity contribution in [3.63, 3.8) is 0 Å². The van der Waals surface area contributed by atoms with Crippen molar-refractivity contribution in [2.45, 2.75) is 19.4 Å². The Labute approximate surface area is 88.3 Å². The van der Waals surface area contributed by atoms with Gasteiger partial charge in [-0.3, -0.25) is 0 Å². The summed E-state index contributed by atoms with van der Waals surface area (Å²) in [6.07, 6.45) is 3.26. The van der Waals surface area contributed by atoms with E-state index >= 15 is 0 Å². The second-order valence-corrected chi connectivity index (χ2v) is 3.28. The molecule has 0 fully saturated rings. The number of aromatic carboxylic acids is 1. The molecule has 4 N–H and O–H groups in total. The van der Waals surface area contributed by atoms with E-state index in [-0.39, 0.29) is 5.56 Å². The van der Waals surface area contributed by atoms with Gasteiger partial charge in [-0.1, -0.05) is 0 Å². The summed E-state index contributed by atoms with van der Waals surface area (Å²) in [6.45, 7) is 2.11. The lowest BCUT2D eigenvalue weighted by molar-refractivity contribution is 0.0696. The third-order valence-electron chi connectivity index (χ3n) is 2.01. The quantitative estimate of drug-likeness (QED) is 0.582. The van der Waals surface area contributed by atoms with Crippen molar-refractivity contribution in [3.8, 4) is 0 Å². The molecule has 1 aromatic heterocycles. The van der Waals surface area contributed by atoms with Gasteiger partial charge in [0.2, 0.25) is 0 Å². The molecule has 0 atom stereocenters. The highest BCUT2D eigenvalue weighted by Gasteiger charge is 2.07. The van der Waals surface area contributed by atoms with Crippen molar-refractivity contribution in [3.05, 3.63) is 23.7 Å². The molecule has 15 heavy (non-hydrogen) atoms. The molecule has 0 spiro atoms. The van der Waals surface area contributed by atoms with Crippen LogP contribution in [-0.4, -0.2) is 24.2 Å². The zero-order valence-corrected chi connectivity index (χ0v) is 8.53. The van der Waals surface area contributed by atoms with E-state index in [1.165, 1.54) is 12.3 Å². The number of unbranched alkanes of at least 4 members (excludes halogenated alkanes) is 1. The average molecular weight is 212 g/mol. The van der Waals surface area contributed by atoms with Crippen molar-refractivity contribution < 1.29 is 14.3 Å². The van der Waals surface area contributed by atoms with Crippen molar-refractivity contribution in [2.24, 2.45) is 5.73 Å². The Morgan fingerprint density at radius 2 is 2.33 bits per heavy atom. The number of furan rings is 1. The Morgan fingerprint density at radius 3 is 2.93 bits per heavy atom. The van der Waals surface area contributed by atoms with Gasteiger partial charge in [0.05, 0.1) is 12.1 Å². The van der Waals surface area contributed by atoms with E-state index in [2.05, 4.69) is 5.32 Å². The zero-order valence-electron chi connectivity index (χ0n) is 8.53. The molecule has 1 rings (SSSR count). The van der Waals surface area contributed by atoms with Crippen LogP contribution in [0.15, 0.2) is 16.7 Å². The lowest BCUT2D eigenvalue weighted by Crippen LogP contribution is -2.15. The van der Waals surface area contributed by atoms with Crippen LogP contribution in [0.3, 0.4) is 0 Å². The Kier molecular flexibility index (Phi) is 4.86. The molecule has 1 heterocycles. The van der Waals surface area contributed by atoms with Crippen molar-refractivity contribution in [1.29, 1.82) is 0 Å². The first kappa shape index (κ1) is 11.7. The van der Waals surface area contributed by atoms with E-state index < -0.39 is 5.97 Å². The SMILES string of the molecule is NCCCCNCc1cc(C(=O)O)co1. The molecule has 0 unspecified atom stereocenters. The van der Waals surface area contributed by atoms with Crippen LogP contribution in [0.5, 0.6) is 0 Å². The van der Waals surface area contributed by atoms with Gasteiger partial charge in [-0.25, -0.2) is 4.79 Å². The van der Waals surface area contributed by atoms with Crippen molar-refractivity contribution >= 4 is 5.97 Å². The maximum absolute atomic E-state index is 10.5. The van der Waals surface area contributed by atoms with Crippen LogP contribution in [0, 0.1) is 0 Å². The van der Waals surface area contributed by atoms with Crippen LogP contribution in [-0.2, 0) is 6.54 Å². The fourth-order valence-corrected chi connectivity index (χ4v) is 1.19. The zero-order chi connectivity index (χ0) is 11.1. The second-order valence-electron chi connectivity index (χ2n) is 3.28. The maximum Gasteiger partial charge on any atom is 0.338 e. The van der Waals surface area contributed by atoms with Gasteiger partial charge in [0.25, 0.3) is 0 Å². The standard InChI is InChI=1S/C10H16N2O3/c11-3-1-2-4-12-6-9-5-8(7-15-9)10(13)14/h5,7,12H,1-4,6,11H2,(H,13,14). The smallest absolute Gasteiger partial charge is 0.338 e. The Bertz CT molecular complexity index is 309. The summed E-state index contributed by atoms with van der Waals surface area (Å²) in [6, 6.07) is 1.53. The van der Waals surface area contributed by atoms with Gasteiger partial charge in [-0.05, 0) is 32.0 Å². The van der Waals surface area contributed by atoms with E-state index in [4.69, 9.17) is 15.3 Å². The number of nitrogens with one attached hydrogen (secondary N) is 1. The molecular formula is C10H16N2O3. The maximum atomic E-state index is 10.5. The van der Waals surface area contributed by atoms with Crippen LogP contribution in [0.25, 0.3) is 0 Å². The first-order valence-corrected chi connectivity index (χ1v) is 4.95. The van der Waals surface area contributed by atoms with E-state index in [1.807, 2.05) is 0 Å².